The van der Waals surface area contributed by atoms with Gasteiger partial charge in [0, 0.05) is 8.95 Å². The number of carbonyl (C=O) groups excluding carboxylic acids is 2. The second kappa shape index (κ2) is 7.49. The van der Waals surface area contributed by atoms with Gasteiger partial charge in [-0.25, -0.2) is 4.90 Å². The first-order chi connectivity index (χ1) is 14.5. The number of fused-ring (bicyclic) bond motifs is 1. The monoisotopic (exact) mass is 523 g/mol. The van der Waals surface area contributed by atoms with Gasteiger partial charge in [-0.15, -0.1) is 0 Å². The molecule has 0 bridgehead atoms. The smallest absolute Gasteiger partial charge is 0.259 e. The summed E-state index contributed by atoms with van der Waals surface area (Å²) in [6.07, 6.45) is 0. The fourth-order valence-electron chi connectivity index (χ4n) is 3.91. The standard InChI is InChI=1S/C23H15Br2N3O2/c24-15-8-6-14(7-9-15)20-19-21(28(26-20)18-4-2-1-3-5-18)23(30)27(22(19)29)17-12-10-16(25)11-13-17/h1-13,19,21H/t19-,21+/m0/s1. The van der Waals surface area contributed by atoms with Gasteiger partial charge >= 0.3 is 0 Å². The molecule has 3 aromatic rings. The van der Waals surface area contributed by atoms with Crippen LogP contribution >= 0.6 is 31.9 Å². The van der Waals surface area contributed by atoms with Crippen LogP contribution in [0.25, 0.3) is 0 Å². The largest absolute Gasteiger partial charge is 0.273 e. The summed E-state index contributed by atoms with van der Waals surface area (Å²) >= 11 is 6.84. The molecule has 2 atom stereocenters. The molecule has 2 heterocycles. The Morgan fingerprint density at radius 2 is 1.30 bits per heavy atom. The van der Waals surface area contributed by atoms with Crippen molar-refractivity contribution in [3.63, 3.8) is 0 Å². The van der Waals surface area contributed by atoms with E-state index in [1.54, 1.807) is 17.1 Å². The van der Waals surface area contributed by atoms with Crippen molar-refractivity contribution < 1.29 is 9.59 Å². The van der Waals surface area contributed by atoms with Crippen molar-refractivity contribution in [1.29, 1.82) is 0 Å². The average molecular weight is 525 g/mol. The number of halogens is 2. The number of rotatable bonds is 3. The minimum absolute atomic E-state index is 0.257. The number of hydrogen-bond donors (Lipinski definition) is 0. The number of hydrogen-bond acceptors (Lipinski definition) is 4. The summed E-state index contributed by atoms with van der Waals surface area (Å²) in [4.78, 5) is 28.2. The van der Waals surface area contributed by atoms with Crippen LogP contribution in [0.5, 0.6) is 0 Å². The van der Waals surface area contributed by atoms with Crippen LogP contribution in [0.4, 0.5) is 11.4 Å². The molecule has 1 saturated heterocycles. The minimum atomic E-state index is -0.706. The number of amides is 2. The topological polar surface area (TPSA) is 53.0 Å². The van der Waals surface area contributed by atoms with E-state index < -0.39 is 12.0 Å². The Hall–Kier alpha value is -2.77. The third kappa shape index (κ3) is 3.09. The molecule has 0 aliphatic carbocycles. The second-order valence-electron chi connectivity index (χ2n) is 7.08. The predicted molar refractivity (Wildman–Crippen MR) is 124 cm³/mol. The third-order valence-electron chi connectivity index (χ3n) is 5.29. The van der Waals surface area contributed by atoms with Crippen LogP contribution in [0.2, 0.25) is 0 Å². The summed E-state index contributed by atoms with van der Waals surface area (Å²) in [5, 5.41) is 6.43. The highest BCUT2D eigenvalue weighted by atomic mass is 79.9. The van der Waals surface area contributed by atoms with E-state index in [-0.39, 0.29) is 11.8 Å². The Kier molecular flexibility index (Phi) is 4.79. The van der Waals surface area contributed by atoms with Crippen LogP contribution < -0.4 is 9.91 Å². The summed E-state index contributed by atoms with van der Waals surface area (Å²) in [6.45, 7) is 0. The van der Waals surface area contributed by atoms with Crippen molar-refractivity contribution >= 4 is 60.8 Å². The Balaban J connectivity index is 1.63. The van der Waals surface area contributed by atoms with Gasteiger partial charge in [0.1, 0.15) is 12.0 Å². The number of para-hydroxylation sites is 1. The fraction of sp³-hybridized carbons (Fsp3) is 0.0870. The maximum absolute atomic E-state index is 13.5. The van der Waals surface area contributed by atoms with Gasteiger partial charge in [-0.2, -0.15) is 5.10 Å². The summed E-state index contributed by atoms with van der Waals surface area (Å²) in [5.74, 6) is -1.19. The Morgan fingerprint density at radius 1 is 0.700 bits per heavy atom. The fourth-order valence-corrected chi connectivity index (χ4v) is 4.44. The molecule has 2 aliphatic heterocycles. The first-order valence-electron chi connectivity index (χ1n) is 9.37. The molecule has 0 unspecified atom stereocenters. The lowest BCUT2D eigenvalue weighted by molar-refractivity contribution is -0.121. The average Bonchev–Trinajstić information content (AvgIpc) is 3.27. The van der Waals surface area contributed by atoms with Crippen LogP contribution in [0.3, 0.4) is 0 Å². The molecule has 3 aromatic carbocycles. The lowest BCUT2D eigenvalue weighted by atomic mass is 9.93. The molecule has 0 radical (unpaired) electrons. The minimum Gasteiger partial charge on any atom is -0.273 e. The number of carbonyl (C=O) groups is 2. The lowest BCUT2D eigenvalue weighted by Gasteiger charge is -2.22. The van der Waals surface area contributed by atoms with Gasteiger partial charge in [0.15, 0.2) is 0 Å². The van der Waals surface area contributed by atoms with Gasteiger partial charge in [0.25, 0.3) is 5.91 Å². The van der Waals surface area contributed by atoms with Gasteiger partial charge in [0.2, 0.25) is 5.91 Å². The van der Waals surface area contributed by atoms with E-state index in [2.05, 4.69) is 31.9 Å². The Labute approximate surface area is 190 Å². The van der Waals surface area contributed by atoms with Gasteiger partial charge < -0.3 is 0 Å². The molecule has 2 amide bonds. The number of anilines is 2. The first-order valence-corrected chi connectivity index (χ1v) is 11.0. The number of imide groups is 1. The van der Waals surface area contributed by atoms with Gasteiger partial charge in [-0.05, 0) is 54.1 Å². The summed E-state index contributed by atoms with van der Waals surface area (Å²) in [7, 11) is 0. The first kappa shape index (κ1) is 19.2. The van der Waals surface area contributed by atoms with E-state index in [0.717, 1.165) is 20.2 Å². The second-order valence-corrected chi connectivity index (χ2v) is 8.91. The van der Waals surface area contributed by atoms with Gasteiger partial charge in [-0.3, -0.25) is 14.6 Å². The zero-order chi connectivity index (χ0) is 20.8. The van der Waals surface area contributed by atoms with E-state index in [9.17, 15) is 9.59 Å². The van der Waals surface area contributed by atoms with Crippen molar-refractivity contribution in [2.75, 3.05) is 9.91 Å². The van der Waals surface area contributed by atoms with Crippen molar-refractivity contribution in [1.82, 2.24) is 0 Å². The highest BCUT2D eigenvalue weighted by molar-refractivity contribution is 9.10. The van der Waals surface area contributed by atoms with Crippen LogP contribution in [-0.4, -0.2) is 23.6 Å². The lowest BCUT2D eigenvalue weighted by Crippen LogP contribution is -2.39. The van der Waals surface area contributed by atoms with Crippen LogP contribution in [-0.2, 0) is 9.59 Å². The molecule has 0 aromatic heterocycles. The van der Waals surface area contributed by atoms with E-state index >= 15 is 0 Å². The molecule has 1 fully saturated rings. The highest BCUT2D eigenvalue weighted by Crippen LogP contribution is 2.39. The Bertz CT molecular complexity index is 1160. The zero-order valence-electron chi connectivity index (χ0n) is 15.6. The molecular formula is C23H15Br2N3O2. The molecule has 30 heavy (non-hydrogen) atoms. The van der Waals surface area contributed by atoms with E-state index in [1.807, 2.05) is 66.7 Å². The molecule has 0 spiro atoms. The molecule has 0 N–H and O–H groups in total. The summed E-state index contributed by atoms with van der Waals surface area (Å²) in [5.41, 5.74) is 2.77. The van der Waals surface area contributed by atoms with Crippen LogP contribution in [0, 0.1) is 5.92 Å². The number of nitrogens with zero attached hydrogens (tertiary/aromatic N) is 3. The number of benzene rings is 3. The van der Waals surface area contributed by atoms with E-state index in [1.165, 1.54) is 4.90 Å². The van der Waals surface area contributed by atoms with Crippen molar-refractivity contribution in [2.24, 2.45) is 11.0 Å². The quantitative estimate of drug-likeness (QED) is 0.453. The van der Waals surface area contributed by atoms with E-state index in [4.69, 9.17) is 5.10 Å². The molecule has 0 saturated carbocycles. The predicted octanol–water partition coefficient (Wildman–Crippen LogP) is 4.99. The summed E-state index contributed by atoms with van der Waals surface area (Å²) < 4.78 is 1.82. The maximum atomic E-state index is 13.5. The molecular weight excluding hydrogens is 510 g/mol. The van der Waals surface area contributed by atoms with Crippen LogP contribution in [0.1, 0.15) is 5.56 Å². The Morgan fingerprint density at radius 3 is 1.93 bits per heavy atom. The number of hydrazone groups is 1. The maximum Gasteiger partial charge on any atom is 0.259 e. The van der Waals surface area contributed by atoms with Crippen molar-refractivity contribution in [3.05, 3.63) is 93.4 Å². The third-order valence-corrected chi connectivity index (χ3v) is 6.35. The summed E-state index contributed by atoms with van der Waals surface area (Å²) in [6, 6.07) is 23.6. The van der Waals surface area contributed by atoms with Crippen molar-refractivity contribution in [2.45, 2.75) is 6.04 Å². The van der Waals surface area contributed by atoms with Crippen molar-refractivity contribution in [3.8, 4) is 0 Å². The molecule has 5 nitrogen and oxygen atoms in total. The van der Waals surface area contributed by atoms with Gasteiger partial charge in [0.05, 0.1) is 17.1 Å². The zero-order valence-corrected chi connectivity index (χ0v) is 18.7. The SMILES string of the molecule is O=C1[C@H]2C(c3ccc(Br)cc3)=NN(c3ccccc3)[C@H]2C(=O)N1c1ccc(Br)cc1. The molecule has 5 rings (SSSR count). The molecule has 2 aliphatic rings. The highest BCUT2D eigenvalue weighted by Gasteiger charge is 2.57. The normalized spacial score (nSPS) is 20.5. The van der Waals surface area contributed by atoms with E-state index in [0.29, 0.717) is 11.4 Å². The molecule has 148 valence electrons. The van der Waals surface area contributed by atoms with Crippen LogP contribution in [0.15, 0.2) is 92.9 Å². The van der Waals surface area contributed by atoms with Gasteiger partial charge in [-0.1, -0.05) is 62.2 Å². The molecule has 7 heteroatoms.